The lowest BCUT2D eigenvalue weighted by atomic mass is 10.1. The first-order valence-corrected chi connectivity index (χ1v) is 16.7. The number of aryl methyl sites for hydroxylation is 1. The topological polar surface area (TPSA) is 166 Å². The van der Waals surface area contributed by atoms with Gasteiger partial charge in [0, 0.05) is 32.1 Å². The number of hydrogen-bond donors (Lipinski definition) is 4. The summed E-state index contributed by atoms with van der Waals surface area (Å²) >= 11 is 1.35. The largest absolute Gasteiger partial charge is 0.444 e. The van der Waals surface area contributed by atoms with Crippen LogP contribution in [0.3, 0.4) is 0 Å². The minimum Gasteiger partial charge on any atom is -0.444 e. The first-order valence-electron chi connectivity index (χ1n) is 15.9. The maximum atomic E-state index is 12.7. The van der Waals surface area contributed by atoms with E-state index in [-0.39, 0.29) is 30.5 Å². The van der Waals surface area contributed by atoms with Gasteiger partial charge in [0.2, 0.25) is 16.9 Å². The highest BCUT2D eigenvalue weighted by Gasteiger charge is 2.20. The molecule has 258 valence electrons. The van der Waals surface area contributed by atoms with Gasteiger partial charge in [0.25, 0.3) is 0 Å². The van der Waals surface area contributed by atoms with Crippen molar-refractivity contribution in [1.29, 1.82) is 0 Å². The van der Waals surface area contributed by atoms with Crippen LogP contribution in [0.4, 0.5) is 9.93 Å². The zero-order chi connectivity index (χ0) is 35.4. The third kappa shape index (κ3) is 18.3. The van der Waals surface area contributed by atoms with Gasteiger partial charge in [0.05, 0.1) is 6.42 Å². The Labute approximate surface area is 284 Å². The molecule has 2 aromatic rings. The number of allylic oxidation sites excluding steroid dienone is 6. The lowest BCUT2D eigenvalue weighted by Crippen LogP contribution is -2.33. The number of nitrogens with one attached hydrogen (secondary N) is 2. The molecule has 0 atom stereocenters. The minimum atomic E-state index is -0.570. The van der Waals surface area contributed by atoms with Crippen molar-refractivity contribution >= 4 is 34.4 Å². The van der Waals surface area contributed by atoms with Crippen LogP contribution in [-0.4, -0.2) is 45.7 Å². The number of hydrogen-bond acceptors (Lipinski definition) is 9. The molecule has 0 saturated carbocycles. The van der Waals surface area contributed by atoms with Crippen LogP contribution < -0.4 is 22.1 Å². The summed E-state index contributed by atoms with van der Waals surface area (Å²) < 4.78 is 5.40. The van der Waals surface area contributed by atoms with E-state index in [0.29, 0.717) is 30.2 Å². The van der Waals surface area contributed by atoms with E-state index in [1.54, 1.807) is 19.2 Å². The Hall–Kier alpha value is -4.45. The Balaban J connectivity index is 0.00000541. The summed E-state index contributed by atoms with van der Waals surface area (Å²) in [5.41, 5.74) is 14.7. The van der Waals surface area contributed by atoms with Gasteiger partial charge in [-0.25, -0.2) is 4.79 Å². The van der Waals surface area contributed by atoms with Crippen molar-refractivity contribution in [1.82, 2.24) is 20.4 Å². The number of amides is 3. The average Bonchev–Trinajstić information content (AvgIpc) is 3.44. The molecule has 0 saturated heterocycles. The smallest absolute Gasteiger partial charge is 0.410 e. The van der Waals surface area contributed by atoms with E-state index in [1.807, 2.05) is 91.0 Å². The SMILES string of the molecule is C/C=C\C=C(/C)CC(=O)N/C(N)=C/C=C(\N)CCCCc1nnc(NC(=O)Cc2cccc(CN(C)C(=O)OC(C)(C)C)c2)s1.CC. The maximum absolute atomic E-state index is 12.7. The van der Waals surface area contributed by atoms with Gasteiger partial charge in [-0.15, -0.1) is 10.2 Å². The fraction of sp³-hybridized carbons (Fsp3) is 0.457. The summed E-state index contributed by atoms with van der Waals surface area (Å²) in [5.74, 6) is -0.142. The average molecular weight is 668 g/mol. The van der Waals surface area contributed by atoms with Gasteiger partial charge in [-0.1, -0.05) is 73.3 Å². The molecule has 1 aromatic heterocycles. The lowest BCUT2D eigenvalue weighted by Gasteiger charge is -2.24. The third-order valence-corrected chi connectivity index (χ3v) is 6.97. The van der Waals surface area contributed by atoms with E-state index in [1.165, 1.54) is 16.2 Å². The highest BCUT2D eigenvalue weighted by atomic mass is 32.1. The third-order valence-electron chi connectivity index (χ3n) is 6.07. The normalized spacial score (nSPS) is 12.3. The van der Waals surface area contributed by atoms with E-state index in [0.717, 1.165) is 34.5 Å². The molecule has 2 rings (SSSR count). The second-order valence-electron chi connectivity index (χ2n) is 11.7. The van der Waals surface area contributed by atoms with Crippen LogP contribution in [-0.2, 0) is 33.7 Å². The van der Waals surface area contributed by atoms with E-state index < -0.39 is 11.7 Å². The van der Waals surface area contributed by atoms with Crippen molar-refractivity contribution in [2.45, 2.75) is 99.1 Å². The van der Waals surface area contributed by atoms with Crippen LogP contribution in [0.1, 0.15) is 90.3 Å². The van der Waals surface area contributed by atoms with Crippen LogP contribution in [0.25, 0.3) is 0 Å². The quantitative estimate of drug-likeness (QED) is 0.123. The summed E-state index contributed by atoms with van der Waals surface area (Å²) in [6.07, 6.45) is 12.0. The van der Waals surface area contributed by atoms with Crippen molar-refractivity contribution in [3.8, 4) is 0 Å². The van der Waals surface area contributed by atoms with Crippen molar-refractivity contribution in [3.05, 3.63) is 87.9 Å². The summed E-state index contributed by atoms with van der Waals surface area (Å²) in [6.45, 7) is 13.6. The van der Waals surface area contributed by atoms with Gasteiger partial charge < -0.3 is 31.7 Å². The maximum Gasteiger partial charge on any atom is 0.410 e. The Morgan fingerprint density at radius 1 is 1.02 bits per heavy atom. The summed E-state index contributed by atoms with van der Waals surface area (Å²) in [6, 6.07) is 7.54. The van der Waals surface area contributed by atoms with E-state index in [9.17, 15) is 14.4 Å². The molecule has 6 N–H and O–H groups in total. The molecule has 12 heteroatoms. The standard InChI is InChI=1S/C33H47N7O4S.C2H6/c1-7-8-12-23(2)19-28(41)36-27(35)18-17-26(34)15-9-10-16-30-38-39-31(45-30)37-29(42)21-24-13-11-14-25(20-24)22-40(6)32(43)44-33(3,4)5;1-2/h7-8,11-14,17-18,20H,9-10,15-16,19,21-22,34-35H2,1-6H3,(H,36,41)(H,37,39,42);1-2H3/b8-7-,23-12+,26-17-,27-18+;. The second-order valence-corrected chi connectivity index (χ2v) is 12.8. The highest BCUT2D eigenvalue weighted by molar-refractivity contribution is 7.15. The number of nitrogens with zero attached hydrogens (tertiary/aromatic N) is 3. The minimum absolute atomic E-state index is 0.167. The lowest BCUT2D eigenvalue weighted by molar-refractivity contribution is -0.119. The summed E-state index contributed by atoms with van der Waals surface area (Å²) in [7, 11) is 1.68. The predicted molar refractivity (Wildman–Crippen MR) is 191 cm³/mol. The number of aromatic nitrogens is 2. The number of anilines is 1. The summed E-state index contributed by atoms with van der Waals surface area (Å²) in [4.78, 5) is 38.5. The van der Waals surface area contributed by atoms with Gasteiger partial charge in [-0.05, 0) is 77.2 Å². The zero-order valence-electron chi connectivity index (χ0n) is 29.2. The van der Waals surface area contributed by atoms with Gasteiger partial charge in [-0.3, -0.25) is 9.59 Å². The molecule has 0 aliphatic carbocycles. The van der Waals surface area contributed by atoms with Crippen molar-refractivity contribution in [3.63, 3.8) is 0 Å². The fourth-order valence-electron chi connectivity index (χ4n) is 3.98. The fourth-order valence-corrected chi connectivity index (χ4v) is 4.77. The monoisotopic (exact) mass is 667 g/mol. The molecule has 0 bridgehead atoms. The van der Waals surface area contributed by atoms with Crippen LogP contribution in [0, 0.1) is 0 Å². The molecule has 11 nitrogen and oxygen atoms in total. The first kappa shape index (κ1) is 40.6. The van der Waals surface area contributed by atoms with Crippen molar-refractivity contribution in [2.75, 3.05) is 12.4 Å². The Bertz CT molecular complexity index is 1420. The Kier molecular flexibility index (Phi) is 18.4. The Morgan fingerprint density at radius 2 is 1.72 bits per heavy atom. The van der Waals surface area contributed by atoms with Crippen LogP contribution in [0.2, 0.25) is 0 Å². The number of benzene rings is 1. The molecule has 3 amide bonds. The number of carbonyl (C=O) groups is 3. The molecule has 0 unspecified atom stereocenters. The molecule has 0 spiro atoms. The van der Waals surface area contributed by atoms with Gasteiger partial charge in [0.15, 0.2) is 0 Å². The molecule has 1 aromatic carbocycles. The van der Waals surface area contributed by atoms with Gasteiger partial charge in [-0.2, -0.15) is 0 Å². The molecule has 0 fully saturated rings. The van der Waals surface area contributed by atoms with Crippen LogP contribution in [0.5, 0.6) is 0 Å². The molecule has 1 heterocycles. The number of nitrogens with two attached hydrogens (primary N) is 2. The van der Waals surface area contributed by atoms with Gasteiger partial charge in [0.1, 0.15) is 16.4 Å². The van der Waals surface area contributed by atoms with E-state index in [4.69, 9.17) is 16.2 Å². The van der Waals surface area contributed by atoms with Crippen LogP contribution >= 0.6 is 11.3 Å². The molecule has 47 heavy (non-hydrogen) atoms. The predicted octanol–water partition coefficient (Wildman–Crippen LogP) is 6.50. The molecular formula is C35H53N7O4S. The highest BCUT2D eigenvalue weighted by Crippen LogP contribution is 2.19. The number of unbranched alkanes of at least 4 members (excludes halogenated alkanes) is 1. The molecule has 0 radical (unpaired) electrons. The summed E-state index contributed by atoms with van der Waals surface area (Å²) in [5, 5.41) is 15.0. The number of ether oxygens (including phenoxy) is 1. The molecule has 0 aliphatic heterocycles. The van der Waals surface area contributed by atoms with E-state index >= 15 is 0 Å². The number of rotatable bonds is 15. The molecule has 0 aliphatic rings. The molecular weight excluding hydrogens is 614 g/mol. The van der Waals surface area contributed by atoms with E-state index in [2.05, 4.69) is 20.8 Å². The first-order chi connectivity index (χ1) is 22.2. The number of carbonyl (C=O) groups excluding carboxylic acids is 3. The van der Waals surface area contributed by atoms with Crippen molar-refractivity contribution in [2.24, 2.45) is 11.5 Å². The van der Waals surface area contributed by atoms with Crippen LogP contribution in [0.15, 0.2) is 71.7 Å². The second kappa shape index (κ2) is 21.4. The zero-order valence-corrected chi connectivity index (χ0v) is 30.0. The Morgan fingerprint density at radius 3 is 2.40 bits per heavy atom. The van der Waals surface area contributed by atoms with Crippen molar-refractivity contribution < 1.29 is 19.1 Å². The van der Waals surface area contributed by atoms with Gasteiger partial charge >= 0.3 is 6.09 Å².